The third-order valence-electron chi connectivity index (χ3n) is 5.54. The molecule has 2 aromatic carbocycles. The van der Waals surface area contributed by atoms with Crippen molar-refractivity contribution < 1.29 is 9.53 Å². The molecule has 5 heteroatoms. The number of benzene rings is 2. The highest BCUT2D eigenvalue weighted by molar-refractivity contribution is 5.81. The standard InChI is InChI=1S/C24H29N3O2/c1-24(2,3)23(28)26-15-13-18(14-16-26)27-21-12-8-7-11-20(21)25-22(27)17-29-19-9-5-4-6-10-19/h4-12,18H,13-17H2,1-3H3. The van der Waals surface area contributed by atoms with E-state index in [1.54, 1.807) is 0 Å². The molecule has 0 unspecified atom stereocenters. The van der Waals surface area contributed by atoms with Crippen molar-refractivity contribution >= 4 is 16.9 Å². The van der Waals surface area contributed by atoms with Crippen LogP contribution in [-0.2, 0) is 11.4 Å². The van der Waals surface area contributed by atoms with Gasteiger partial charge in [0.05, 0.1) is 11.0 Å². The number of aromatic nitrogens is 2. The maximum absolute atomic E-state index is 12.6. The lowest BCUT2D eigenvalue weighted by molar-refractivity contribution is -0.140. The summed E-state index contributed by atoms with van der Waals surface area (Å²) in [5.41, 5.74) is 1.80. The molecule has 0 saturated carbocycles. The Hall–Kier alpha value is -2.82. The summed E-state index contributed by atoms with van der Waals surface area (Å²) in [5.74, 6) is 2.02. The predicted octanol–water partition coefficient (Wildman–Crippen LogP) is 4.82. The number of piperidine rings is 1. The summed E-state index contributed by atoms with van der Waals surface area (Å²) in [6.45, 7) is 7.97. The molecule has 3 aromatic rings. The van der Waals surface area contributed by atoms with E-state index >= 15 is 0 Å². The fourth-order valence-electron chi connectivity index (χ4n) is 4.07. The number of likely N-dealkylation sites (tertiary alicyclic amines) is 1. The van der Waals surface area contributed by atoms with Gasteiger partial charge in [-0.1, -0.05) is 51.1 Å². The van der Waals surface area contributed by atoms with E-state index in [1.165, 1.54) is 0 Å². The van der Waals surface area contributed by atoms with Crippen molar-refractivity contribution in [3.8, 4) is 5.75 Å². The van der Waals surface area contributed by atoms with E-state index < -0.39 is 0 Å². The van der Waals surface area contributed by atoms with Gasteiger partial charge in [0, 0.05) is 24.5 Å². The number of rotatable bonds is 4. The van der Waals surface area contributed by atoms with Crippen LogP contribution < -0.4 is 4.74 Å². The van der Waals surface area contributed by atoms with Crippen LogP contribution in [0.1, 0.15) is 45.5 Å². The molecule has 152 valence electrons. The van der Waals surface area contributed by atoms with Gasteiger partial charge < -0.3 is 14.2 Å². The molecule has 5 nitrogen and oxygen atoms in total. The Kier molecular flexibility index (Phi) is 5.31. The highest BCUT2D eigenvalue weighted by Gasteiger charge is 2.31. The molecule has 0 aliphatic carbocycles. The lowest BCUT2D eigenvalue weighted by Crippen LogP contribution is -2.44. The Morgan fingerprint density at radius 3 is 2.38 bits per heavy atom. The molecule has 0 N–H and O–H groups in total. The topological polar surface area (TPSA) is 47.4 Å². The smallest absolute Gasteiger partial charge is 0.227 e. The molecule has 2 heterocycles. The number of amides is 1. The number of ether oxygens (including phenoxy) is 1. The summed E-state index contributed by atoms with van der Waals surface area (Å²) in [4.78, 5) is 19.5. The monoisotopic (exact) mass is 391 g/mol. The molecule has 0 radical (unpaired) electrons. The van der Waals surface area contributed by atoms with E-state index in [0.717, 1.165) is 48.5 Å². The number of carbonyl (C=O) groups is 1. The number of imidazole rings is 1. The van der Waals surface area contributed by atoms with Crippen LogP contribution in [-0.4, -0.2) is 33.4 Å². The van der Waals surface area contributed by atoms with Crippen LogP contribution >= 0.6 is 0 Å². The molecule has 4 rings (SSSR count). The molecule has 29 heavy (non-hydrogen) atoms. The first-order valence-corrected chi connectivity index (χ1v) is 10.4. The second-order valence-corrected chi connectivity index (χ2v) is 8.76. The van der Waals surface area contributed by atoms with Crippen LogP contribution in [0.4, 0.5) is 0 Å². The number of fused-ring (bicyclic) bond motifs is 1. The minimum Gasteiger partial charge on any atom is -0.486 e. The van der Waals surface area contributed by atoms with Crippen LogP contribution in [0.15, 0.2) is 54.6 Å². The van der Waals surface area contributed by atoms with Crippen molar-refractivity contribution in [2.75, 3.05) is 13.1 Å². The minimum absolute atomic E-state index is 0.235. The van der Waals surface area contributed by atoms with Crippen molar-refractivity contribution in [1.29, 1.82) is 0 Å². The summed E-state index contributed by atoms with van der Waals surface area (Å²) in [6, 6.07) is 18.4. The highest BCUT2D eigenvalue weighted by atomic mass is 16.5. The maximum Gasteiger partial charge on any atom is 0.227 e. The van der Waals surface area contributed by atoms with E-state index in [9.17, 15) is 4.79 Å². The SMILES string of the molecule is CC(C)(C)C(=O)N1CCC(n2c(COc3ccccc3)nc3ccccc32)CC1. The first-order chi connectivity index (χ1) is 13.9. The van der Waals surface area contributed by atoms with E-state index in [-0.39, 0.29) is 11.3 Å². The van der Waals surface area contributed by atoms with Crippen molar-refractivity contribution in [3.63, 3.8) is 0 Å². The third-order valence-corrected chi connectivity index (χ3v) is 5.54. The molecule has 1 saturated heterocycles. The maximum atomic E-state index is 12.6. The second kappa shape index (κ2) is 7.90. The molecule has 1 aromatic heterocycles. The first kappa shape index (κ1) is 19.5. The first-order valence-electron chi connectivity index (χ1n) is 10.4. The molecule has 1 amide bonds. The molecule has 0 bridgehead atoms. The van der Waals surface area contributed by atoms with Crippen LogP contribution in [0.3, 0.4) is 0 Å². The van der Waals surface area contributed by atoms with E-state index in [0.29, 0.717) is 12.6 Å². The summed E-state index contributed by atoms with van der Waals surface area (Å²) in [5, 5.41) is 0. The largest absolute Gasteiger partial charge is 0.486 e. The van der Waals surface area contributed by atoms with Gasteiger partial charge in [-0.2, -0.15) is 0 Å². The highest BCUT2D eigenvalue weighted by Crippen LogP contribution is 2.31. The van der Waals surface area contributed by atoms with Crippen LogP contribution in [0.5, 0.6) is 5.75 Å². The molecule has 0 atom stereocenters. The third kappa shape index (κ3) is 4.14. The molecular formula is C24H29N3O2. The molecular weight excluding hydrogens is 362 g/mol. The van der Waals surface area contributed by atoms with Gasteiger partial charge in [0.2, 0.25) is 5.91 Å². The second-order valence-electron chi connectivity index (χ2n) is 8.76. The lowest BCUT2D eigenvalue weighted by atomic mass is 9.93. The summed E-state index contributed by atoms with van der Waals surface area (Å²) >= 11 is 0. The van der Waals surface area contributed by atoms with Gasteiger partial charge in [0.25, 0.3) is 0 Å². The van der Waals surface area contributed by atoms with Gasteiger partial charge in [-0.05, 0) is 37.1 Å². The van der Waals surface area contributed by atoms with Gasteiger partial charge in [0.15, 0.2) is 0 Å². The Bertz CT molecular complexity index is 980. The van der Waals surface area contributed by atoms with Gasteiger partial charge in [-0.25, -0.2) is 4.98 Å². The zero-order valence-electron chi connectivity index (χ0n) is 17.5. The Balaban J connectivity index is 1.56. The normalized spacial score (nSPS) is 15.6. The molecule has 1 fully saturated rings. The van der Waals surface area contributed by atoms with Crippen LogP contribution in [0.2, 0.25) is 0 Å². The zero-order chi connectivity index (χ0) is 20.4. The fourth-order valence-corrected chi connectivity index (χ4v) is 4.07. The van der Waals surface area contributed by atoms with Crippen molar-refractivity contribution in [3.05, 3.63) is 60.4 Å². The van der Waals surface area contributed by atoms with E-state index in [4.69, 9.17) is 9.72 Å². The number of carbonyl (C=O) groups excluding carboxylic acids is 1. The summed E-state index contributed by atoms with van der Waals surface area (Å²) < 4.78 is 8.34. The average molecular weight is 392 g/mol. The van der Waals surface area contributed by atoms with Gasteiger partial charge in [-0.3, -0.25) is 4.79 Å². The Labute approximate surface area is 172 Å². The van der Waals surface area contributed by atoms with Crippen LogP contribution in [0, 0.1) is 5.41 Å². The quantitative estimate of drug-likeness (QED) is 0.640. The molecule has 1 aliphatic heterocycles. The average Bonchev–Trinajstić information content (AvgIpc) is 3.10. The molecule has 1 aliphatic rings. The van der Waals surface area contributed by atoms with Gasteiger partial charge in [0.1, 0.15) is 18.2 Å². The van der Waals surface area contributed by atoms with E-state index in [1.807, 2.05) is 62.1 Å². The number of para-hydroxylation sites is 3. The number of hydrogen-bond acceptors (Lipinski definition) is 3. The lowest BCUT2D eigenvalue weighted by Gasteiger charge is -2.36. The molecule has 0 spiro atoms. The predicted molar refractivity (Wildman–Crippen MR) is 115 cm³/mol. The van der Waals surface area contributed by atoms with Gasteiger partial charge in [-0.15, -0.1) is 0 Å². The Morgan fingerprint density at radius 1 is 1.03 bits per heavy atom. The summed E-state index contributed by atoms with van der Waals surface area (Å²) in [7, 11) is 0. The van der Waals surface area contributed by atoms with Crippen LogP contribution in [0.25, 0.3) is 11.0 Å². The van der Waals surface area contributed by atoms with E-state index in [2.05, 4.69) is 22.8 Å². The fraction of sp³-hybridized carbons (Fsp3) is 0.417. The Morgan fingerprint density at radius 2 is 1.69 bits per heavy atom. The van der Waals surface area contributed by atoms with Crippen molar-refractivity contribution in [2.45, 2.75) is 46.3 Å². The number of hydrogen-bond donors (Lipinski definition) is 0. The van der Waals surface area contributed by atoms with Crippen molar-refractivity contribution in [2.24, 2.45) is 5.41 Å². The number of nitrogens with zero attached hydrogens (tertiary/aromatic N) is 3. The summed E-state index contributed by atoms with van der Waals surface area (Å²) in [6.07, 6.45) is 1.86. The zero-order valence-corrected chi connectivity index (χ0v) is 17.5. The van der Waals surface area contributed by atoms with Crippen molar-refractivity contribution in [1.82, 2.24) is 14.5 Å². The minimum atomic E-state index is -0.330. The van der Waals surface area contributed by atoms with Gasteiger partial charge >= 0.3 is 0 Å².